The molecule has 2 aromatic rings. The third-order valence-corrected chi connectivity index (χ3v) is 3.76. The van der Waals surface area contributed by atoms with Gasteiger partial charge in [0.15, 0.2) is 0 Å². The van der Waals surface area contributed by atoms with Crippen LogP contribution in [0, 0.1) is 0 Å². The molecule has 0 aliphatic heterocycles. The Bertz CT molecular complexity index is 478. The normalized spacial score (nSPS) is 12.3. The van der Waals surface area contributed by atoms with Crippen molar-refractivity contribution < 1.29 is 4.79 Å². The van der Waals surface area contributed by atoms with Crippen LogP contribution in [0.2, 0.25) is 0 Å². The van der Waals surface area contributed by atoms with E-state index in [1.54, 1.807) is 22.2 Å². The topological polar surface area (TPSA) is 38.1 Å². The standard InChI is InChI=1S/C13H17N3OS/c1-3-15(10-12-6-4-9-18-12)13(17)11(2)16-8-5-7-14-16/h4-9,11H,3,10H2,1-2H3. The Morgan fingerprint density at radius 1 is 1.56 bits per heavy atom. The average Bonchev–Trinajstić information content (AvgIpc) is 3.06. The van der Waals surface area contributed by atoms with Crippen LogP contribution >= 0.6 is 11.3 Å². The Balaban J connectivity index is 2.05. The maximum absolute atomic E-state index is 12.4. The molecule has 0 radical (unpaired) electrons. The van der Waals surface area contributed by atoms with Crippen molar-refractivity contribution in [3.8, 4) is 0 Å². The minimum absolute atomic E-state index is 0.106. The molecule has 0 aliphatic rings. The lowest BCUT2D eigenvalue weighted by molar-refractivity contribution is -0.134. The van der Waals surface area contributed by atoms with Crippen LogP contribution in [-0.2, 0) is 11.3 Å². The van der Waals surface area contributed by atoms with Crippen molar-refractivity contribution in [2.24, 2.45) is 0 Å². The van der Waals surface area contributed by atoms with Crippen LogP contribution in [0.5, 0.6) is 0 Å². The number of amides is 1. The average molecular weight is 263 g/mol. The highest BCUT2D eigenvalue weighted by atomic mass is 32.1. The fraction of sp³-hybridized carbons (Fsp3) is 0.385. The van der Waals surface area contributed by atoms with Gasteiger partial charge in [0.2, 0.25) is 5.91 Å². The number of thiophene rings is 1. The lowest BCUT2D eigenvalue weighted by atomic mass is 10.2. The Kier molecular flexibility index (Phi) is 4.15. The zero-order chi connectivity index (χ0) is 13.0. The highest BCUT2D eigenvalue weighted by Gasteiger charge is 2.21. The summed E-state index contributed by atoms with van der Waals surface area (Å²) >= 11 is 1.68. The number of carbonyl (C=O) groups excluding carboxylic acids is 1. The summed E-state index contributed by atoms with van der Waals surface area (Å²) in [6.45, 7) is 5.27. The molecule has 0 saturated heterocycles. The summed E-state index contributed by atoms with van der Waals surface area (Å²) in [5.41, 5.74) is 0. The van der Waals surface area contributed by atoms with Gasteiger partial charge in [0.05, 0.1) is 6.54 Å². The van der Waals surface area contributed by atoms with Crippen LogP contribution in [0.4, 0.5) is 0 Å². The van der Waals surface area contributed by atoms with Gasteiger partial charge in [-0.2, -0.15) is 5.10 Å². The van der Waals surface area contributed by atoms with Gasteiger partial charge in [-0.1, -0.05) is 6.07 Å². The number of rotatable bonds is 5. The minimum atomic E-state index is -0.250. The summed E-state index contributed by atoms with van der Waals surface area (Å²) in [4.78, 5) is 15.4. The number of nitrogens with zero attached hydrogens (tertiary/aromatic N) is 3. The zero-order valence-electron chi connectivity index (χ0n) is 10.6. The summed E-state index contributed by atoms with van der Waals surface area (Å²) in [7, 11) is 0. The van der Waals surface area contributed by atoms with Gasteiger partial charge in [0.25, 0.3) is 0 Å². The second-order valence-corrected chi connectivity index (χ2v) is 5.13. The molecule has 5 heteroatoms. The number of carbonyl (C=O) groups is 1. The third kappa shape index (κ3) is 2.79. The number of hydrogen-bond donors (Lipinski definition) is 0. The SMILES string of the molecule is CCN(Cc1cccs1)C(=O)C(C)n1cccn1. The zero-order valence-corrected chi connectivity index (χ0v) is 11.4. The lowest BCUT2D eigenvalue weighted by Gasteiger charge is -2.24. The molecule has 0 aliphatic carbocycles. The molecular formula is C13H17N3OS. The molecule has 4 nitrogen and oxygen atoms in total. The first-order valence-corrected chi connectivity index (χ1v) is 6.90. The molecule has 2 heterocycles. The van der Waals surface area contributed by atoms with Crippen LogP contribution < -0.4 is 0 Å². The molecule has 1 unspecified atom stereocenters. The number of hydrogen-bond acceptors (Lipinski definition) is 3. The summed E-state index contributed by atoms with van der Waals surface area (Å²) in [5, 5.41) is 6.16. The maximum Gasteiger partial charge on any atom is 0.247 e. The minimum Gasteiger partial charge on any atom is -0.336 e. The van der Waals surface area contributed by atoms with Gasteiger partial charge >= 0.3 is 0 Å². The monoisotopic (exact) mass is 263 g/mol. The van der Waals surface area contributed by atoms with Crippen LogP contribution in [0.25, 0.3) is 0 Å². The van der Waals surface area contributed by atoms with Crippen molar-refractivity contribution in [2.45, 2.75) is 26.4 Å². The van der Waals surface area contributed by atoms with Gasteiger partial charge in [-0.25, -0.2) is 0 Å². The largest absolute Gasteiger partial charge is 0.336 e. The van der Waals surface area contributed by atoms with Gasteiger partial charge in [0.1, 0.15) is 6.04 Å². The smallest absolute Gasteiger partial charge is 0.247 e. The second kappa shape index (κ2) is 5.82. The molecule has 2 aromatic heterocycles. The van der Waals surface area contributed by atoms with E-state index in [2.05, 4.69) is 11.2 Å². The Labute approximate surface area is 111 Å². The molecule has 18 heavy (non-hydrogen) atoms. The summed E-state index contributed by atoms with van der Waals surface area (Å²) in [6, 6.07) is 5.65. The highest BCUT2D eigenvalue weighted by Crippen LogP contribution is 2.15. The van der Waals surface area contributed by atoms with Crippen LogP contribution in [0.3, 0.4) is 0 Å². The van der Waals surface area contributed by atoms with Crippen molar-refractivity contribution >= 4 is 17.2 Å². The summed E-state index contributed by atoms with van der Waals surface area (Å²) < 4.78 is 1.69. The van der Waals surface area contributed by atoms with Crippen LogP contribution in [0.1, 0.15) is 24.8 Å². The molecule has 0 aromatic carbocycles. The first-order chi connectivity index (χ1) is 8.72. The van der Waals surface area contributed by atoms with Gasteiger partial charge in [-0.05, 0) is 31.4 Å². The Hall–Kier alpha value is -1.62. The number of likely N-dealkylation sites (N-methyl/N-ethyl adjacent to an activating group) is 1. The molecule has 1 atom stereocenters. The maximum atomic E-state index is 12.4. The van der Waals surface area contributed by atoms with Gasteiger partial charge in [-0.3, -0.25) is 9.48 Å². The molecule has 2 rings (SSSR count). The Morgan fingerprint density at radius 2 is 2.39 bits per heavy atom. The molecule has 0 fully saturated rings. The molecule has 96 valence electrons. The molecule has 1 amide bonds. The van der Waals surface area contributed by atoms with E-state index in [4.69, 9.17) is 0 Å². The van der Waals surface area contributed by atoms with Crippen molar-refractivity contribution in [2.75, 3.05) is 6.54 Å². The predicted molar refractivity (Wildman–Crippen MR) is 72.3 cm³/mol. The van der Waals surface area contributed by atoms with E-state index in [0.29, 0.717) is 13.1 Å². The van der Waals surface area contributed by atoms with Crippen LogP contribution in [0.15, 0.2) is 36.0 Å². The van der Waals surface area contributed by atoms with E-state index in [1.807, 2.05) is 42.5 Å². The molecule has 0 N–H and O–H groups in total. The first kappa shape index (κ1) is 12.8. The van der Waals surface area contributed by atoms with E-state index in [1.165, 1.54) is 4.88 Å². The molecule has 0 saturated carbocycles. The molecular weight excluding hydrogens is 246 g/mol. The van der Waals surface area contributed by atoms with Crippen molar-refractivity contribution in [3.05, 3.63) is 40.8 Å². The van der Waals surface area contributed by atoms with E-state index < -0.39 is 0 Å². The van der Waals surface area contributed by atoms with Gasteiger partial charge < -0.3 is 4.90 Å². The lowest BCUT2D eigenvalue weighted by Crippen LogP contribution is -2.35. The van der Waals surface area contributed by atoms with E-state index in [-0.39, 0.29) is 11.9 Å². The van der Waals surface area contributed by atoms with Crippen LogP contribution in [-0.4, -0.2) is 27.1 Å². The van der Waals surface area contributed by atoms with Gasteiger partial charge in [-0.15, -0.1) is 11.3 Å². The van der Waals surface area contributed by atoms with E-state index in [9.17, 15) is 4.79 Å². The second-order valence-electron chi connectivity index (χ2n) is 4.09. The quantitative estimate of drug-likeness (QED) is 0.831. The first-order valence-electron chi connectivity index (χ1n) is 6.02. The highest BCUT2D eigenvalue weighted by molar-refractivity contribution is 7.09. The number of aromatic nitrogens is 2. The fourth-order valence-corrected chi connectivity index (χ4v) is 2.54. The Morgan fingerprint density at radius 3 is 2.94 bits per heavy atom. The van der Waals surface area contributed by atoms with E-state index >= 15 is 0 Å². The van der Waals surface area contributed by atoms with Crippen molar-refractivity contribution in [3.63, 3.8) is 0 Å². The van der Waals surface area contributed by atoms with Crippen molar-refractivity contribution in [1.82, 2.24) is 14.7 Å². The molecule has 0 spiro atoms. The molecule has 0 bridgehead atoms. The predicted octanol–water partition coefficient (Wildman–Crippen LogP) is 2.55. The van der Waals surface area contributed by atoms with Crippen molar-refractivity contribution in [1.29, 1.82) is 0 Å². The third-order valence-electron chi connectivity index (χ3n) is 2.90. The summed E-state index contributed by atoms with van der Waals surface area (Å²) in [5.74, 6) is 0.106. The van der Waals surface area contributed by atoms with Gasteiger partial charge in [0, 0.05) is 23.8 Å². The fourth-order valence-electron chi connectivity index (χ4n) is 1.82. The summed E-state index contributed by atoms with van der Waals surface area (Å²) in [6.07, 6.45) is 3.51. The van der Waals surface area contributed by atoms with E-state index in [0.717, 1.165) is 0 Å².